The van der Waals surface area contributed by atoms with Gasteiger partial charge in [0.15, 0.2) is 5.17 Å². The van der Waals surface area contributed by atoms with Crippen molar-refractivity contribution < 1.29 is 9.18 Å². The first-order valence-electron chi connectivity index (χ1n) is 8.42. The van der Waals surface area contributed by atoms with Gasteiger partial charge >= 0.3 is 0 Å². The third kappa shape index (κ3) is 4.10. The van der Waals surface area contributed by atoms with Gasteiger partial charge in [-0.25, -0.2) is 9.38 Å². The molecule has 25 heavy (non-hydrogen) atoms. The molecule has 0 bridgehead atoms. The van der Waals surface area contributed by atoms with Crippen molar-refractivity contribution in [2.75, 3.05) is 5.75 Å². The van der Waals surface area contributed by atoms with Crippen LogP contribution in [0, 0.1) is 12.7 Å². The fourth-order valence-electron chi connectivity index (χ4n) is 2.87. The van der Waals surface area contributed by atoms with Crippen LogP contribution in [0.2, 0.25) is 0 Å². The average Bonchev–Trinajstić information content (AvgIpc) is 2.99. The minimum absolute atomic E-state index is 0.0522. The summed E-state index contributed by atoms with van der Waals surface area (Å²) in [5.74, 6) is 0.380. The standard InChI is InChI=1S/C20H21FN2OS/c1-3-17-13-25-20(22-16-9-6-7-14(2)11-16)23(17)19(24)12-15-8-4-5-10-18(15)21/h4-11,17H,3,12-13H2,1-2H3/t17-/m1/s1. The van der Waals surface area contributed by atoms with Crippen molar-refractivity contribution in [2.24, 2.45) is 4.99 Å². The summed E-state index contributed by atoms with van der Waals surface area (Å²) in [5, 5.41) is 0.707. The molecule has 0 aromatic heterocycles. The number of hydrogen-bond acceptors (Lipinski definition) is 3. The van der Waals surface area contributed by atoms with Gasteiger partial charge in [0.1, 0.15) is 5.82 Å². The summed E-state index contributed by atoms with van der Waals surface area (Å²) in [4.78, 5) is 19.3. The van der Waals surface area contributed by atoms with Gasteiger partial charge in [0, 0.05) is 11.8 Å². The number of aliphatic imine (C=N–C) groups is 1. The molecular formula is C20H21FN2OS. The summed E-state index contributed by atoms with van der Waals surface area (Å²) in [6.45, 7) is 4.08. The van der Waals surface area contributed by atoms with E-state index in [0.29, 0.717) is 10.7 Å². The van der Waals surface area contributed by atoms with Gasteiger partial charge in [-0.3, -0.25) is 9.69 Å². The minimum atomic E-state index is -0.340. The number of hydrogen-bond donors (Lipinski definition) is 0. The van der Waals surface area contributed by atoms with Crippen LogP contribution in [0.4, 0.5) is 10.1 Å². The molecule has 1 atom stereocenters. The number of nitrogens with zero attached hydrogens (tertiary/aromatic N) is 2. The summed E-state index contributed by atoms with van der Waals surface area (Å²) >= 11 is 1.59. The van der Waals surface area contributed by atoms with Crippen molar-refractivity contribution in [2.45, 2.75) is 32.7 Å². The zero-order valence-corrected chi connectivity index (χ0v) is 15.2. The van der Waals surface area contributed by atoms with Crippen molar-refractivity contribution >= 4 is 28.5 Å². The first-order chi connectivity index (χ1) is 12.1. The summed E-state index contributed by atoms with van der Waals surface area (Å²) in [7, 11) is 0. The molecule has 0 unspecified atom stereocenters. The van der Waals surface area contributed by atoms with E-state index in [9.17, 15) is 9.18 Å². The predicted molar refractivity (Wildman–Crippen MR) is 102 cm³/mol. The normalized spacial score (nSPS) is 18.8. The Labute approximate surface area is 152 Å². The molecule has 1 fully saturated rings. The van der Waals surface area contributed by atoms with Crippen molar-refractivity contribution in [3.63, 3.8) is 0 Å². The molecule has 2 aromatic carbocycles. The van der Waals surface area contributed by atoms with Gasteiger partial charge in [-0.1, -0.05) is 49.0 Å². The monoisotopic (exact) mass is 356 g/mol. The van der Waals surface area contributed by atoms with Crippen LogP contribution < -0.4 is 0 Å². The number of carbonyl (C=O) groups excluding carboxylic acids is 1. The van der Waals surface area contributed by atoms with Gasteiger partial charge < -0.3 is 0 Å². The molecule has 5 heteroatoms. The third-order valence-electron chi connectivity index (χ3n) is 4.24. The number of carbonyl (C=O) groups is 1. The van der Waals surface area contributed by atoms with Gasteiger partial charge in [-0.05, 0) is 42.7 Å². The van der Waals surface area contributed by atoms with Gasteiger partial charge in [0.05, 0.1) is 12.1 Å². The first kappa shape index (κ1) is 17.7. The Kier molecular flexibility index (Phi) is 5.53. The summed E-state index contributed by atoms with van der Waals surface area (Å²) < 4.78 is 13.9. The molecule has 1 heterocycles. The van der Waals surface area contributed by atoms with E-state index in [1.54, 1.807) is 34.9 Å². The van der Waals surface area contributed by atoms with E-state index in [1.165, 1.54) is 6.07 Å². The second kappa shape index (κ2) is 7.83. The molecule has 3 rings (SSSR count). The summed E-state index contributed by atoms with van der Waals surface area (Å²) in [6.07, 6.45) is 0.902. The van der Waals surface area contributed by atoms with E-state index in [-0.39, 0.29) is 24.2 Å². The van der Waals surface area contributed by atoms with E-state index in [1.807, 2.05) is 31.2 Å². The van der Waals surface area contributed by atoms with E-state index < -0.39 is 0 Å². The highest BCUT2D eigenvalue weighted by molar-refractivity contribution is 8.14. The van der Waals surface area contributed by atoms with Crippen LogP contribution in [0.5, 0.6) is 0 Å². The zero-order valence-electron chi connectivity index (χ0n) is 14.4. The number of rotatable bonds is 4. The number of amidine groups is 1. The quantitative estimate of drug-likeness (QED) is 0.794. The molecule has 0 aliphatic carbocycles. The second-order valence-electron chi connectivity index (χ2n) is 6.14. The molecule has 2 aromatic rings. The van der Waals surface area contributed by atoms with Gasteiger partial charge in [-0.15, -0.1) is 0 Å². The van der Waals surface area contributed by atoms with Gasteiger partial charge in [-0.2, -0.15) is 0 Å². The van der Waals surface area contributed by atoms with Crippen LogP contribution >= 0.6 is 11.8 Å². The van der Waals surface area contributed by atoms with Crippen molar-refractivity contribution in [3.8, 4) is 0 Å². The van der Waals surface area contributed by atoms with Crippen LogP contribution in [0.3, 0.4) is 0 Å². The molecular weight excluding hydrogens is 335 g/mol. The molecule has 1 amide bonds. The fraction of sp³-hybridized carbons (Fsp3) is 0.300. The molecule has 130 valence electrons. The first-order valence-corrected chi connectivity index (χ1v) is 9.40. The lowest BCUT2D eigenvalue weighted by molar-refractivity contribution is -0.127. The van der Waals surface area contributed by atoms with Gasteiger partial charge in [0.2, 0.25) is 5.91 Å². The molecule has 0 spiro atoms. The highest BCUT2D eigenvalue weighted by Crippen LogP contribution is 2.30. The molecule has 1 saturated heterocycles. The molecule has 0 radical (unpaired) electrons. The Bertz CT molecular complexity index is 806. The largest absolute Gasteiger partial charge is 0.287 e. The Balaban J connectivity index is 1.87. The smallest absolute Gasteiger partial charge is 0.233 e. The second-order valence-corrected chi connectivity index (χ2v) is 7.13. The van der Waals surface area contributed by atoms with Crippen LogP contribution in [0.15, 0.2) is 53.5 Å². The van der Waals surface area contributed by atoms with E-state index in [4.69, 9.17) is 0 Å². The topological polar surface area (TPSA) is 32.7 Å². The summed E-state index contributed by atoms with van der Waals surface area (Å²) in [6, 6.07) is 14.4. The molecule has 0 N–H and O–H groups in total. The van der Waals surface area contributed by atoms with Crippen molar-refractivity contribution in [3.05, 3.63) is 65.5 Å². The van der Waals surface area contributed by atoms with Crippen LogP contribution in [0.25, 0.3) is 0 Å². The molecule has 0 saturated carbocycles. The Hall–Kier alpha value is -2.14. The van der Waals surface area contributed by atoms with Crippen molar-refractivity contribution in [1.29, 1.82) is 0 Å². The maximum Gasteiger partial charge on any atom is 0.233 e. The highest BCUT2D eigenvalue weighted by atomic mass is 32.2. The maximum atomic E-state index is 13.9. The summed E-state index contributed by atoms with van der Waals surface area (Å²) in [5.41, 5.74) is 2.39. The van der Waals surface area contributed by atoms with E-state index in [0.717, 1.165) is 23.4 Å². The SMILES string of the molecule is CC[C@@H]1CSC(=Nc2cccc(C)c2)N1C(=O)Cc1ccccc1F. The highest BCUT2D eigenvalue weighted by Gasteiger charge is 2.34. The minimum Gasteiger partial charge on any atom is -0.287 e. The Morgan fingerprint density at radius 2 is 2.08 bits per heavy atom. The van der Waals surface area contributed by atoms with Crippen LogP contribution in [0.1, 0.15) is 24.5 Å². The van der Waals surface area contributed by atoms with Gasteiger partial charge in [0.25, 0.3) is 0 Å². The number of halogens is 1. The molecule has 3 nitrogen and oxygen atoms in total. The zero-order chi connectivity index (χ0) is 17.8. The number of benzene rings is 2. The van der Waals surface area contributed by atoms with Crippen LogP contribution in [-0.2, 0) is 11.2 Å². The molecule has 1 aliphatic rings. The number of aryl methyl sites for hydroxylation is 1. The third-order valence-corrected chi connectivity index (χ3v) is 5.34. The van der Waals surface area contributed by atoms with E-state index in [2.05, 4.69) is 11.9 Å². The Morgan fingerprint density at radius 1 is 1.28 bits per heavy atom. The van der Waals surface area contributed by atoms with Crippen LogP contribution in [-0.4, -0.2) is 27.8 Å². The number of thioether (sulfide) groups is 1. The number of amides is 1. The average molecular weight is 356 g/mol. The predicted octanol–water partition coefficient (Wildman–Crippen LogP) is 4.72. The maximum absolute atomic E-state index is 13.9. The Morgan fingerprint density at radius 3 is 2.80 bits per heavy atom. The lowest BCUT2D eigenvalue weighted by Gasteiger charge is -2.23. The van der Waals surface area contributed by atoms with E-state index >= 15 is 0 Å². The van der Waals surface area contributed by atoms with Crippen molar-refractivity contribution in [1.82, 2.24) is 4.90 Å². The molecule has 1 aliphatic heterocycles. The lowest BCUT2D eigenvalue weighted by Crippen LogP contribution is -2.40. The lowest BCUT2D eigenvalue weighted by atomic mass is 10.1. The fourth-order valence-corrected chi connectivity index (χ4v) is 4.15.